The third-order valence-corrected chi connectivity index (χ3v) is 6.65. The number of thioether (sulfide) groups is 1. The molecule has 0 aliphatic heterocycles. The van der Waals surface area contributed by atoms with Gasteiger partial charge < -0.3 is 9.47 Å². The Morgan fingerprint density at radius 1 is 1.25 bits per heavy atom. The van der Waals surface area contributed by atoms with Gasteiger partial charge in [-0.25, -0.2) is 0 Å². The fourth-order valence-corrected chi connectivity index (χ4v) is 5.07. The van der Waals surface area contributed by atoms with Crippen LogP contribution in [0.5, 0.6) is 0 Å². The van der Waals surface area contributed by atoms with Gasteiger partial charge >= 0.3 is 0 Å². The van der Waals surface area contributed by atoms with E-state index in [1.54, 1.807) is 0 Å². The summed E-state index contributed by atoms with van der Waals surface area (Å²) in [4.78, 5) is 15.2. The molecule has 1 aromatic heterocycles. The number of carbonyl (C=O) groups is 1. The van der Waals surface area contributed by atoms with Crippen molar-refractivity contribution in [3.8, 4) is 11.4 Å². The van der Waals surface area contributed by atoms with E-state index in [0.29, 0.717) is 6.04 Å². The number of carbonyl (C=O) groups excluding carboxylic acids is 1. The van der Waals surface area contributed by atoms with Crippen LogP contribution in [0.25, 0.3) is 11.4 Å². The first-order valence-corrected chi connectivity index (χ1v) is 11.4. The second-order valence-electron chi connectivity index (χ2n) is 7.60. The molecule has 28 heavy (non-hydrogen) atoms. The maximum atomic E-state index is 13.1. The van der Waals surface area contributed by atoms with Crippen LogP contribution < -0.4 is 0 Å². The van der Waals surface area contributed by atoms with E-state index in [1.165, 1.54) is 36.6 Å². The molecule has 0 spiro atoms. The number of benzene rings is 1. The first-order valence-electron chi connectivity index (χ1n) is 10.5. The van der Waals surface area contributed by atoms with Crippen LogP contribution in [0.2, 0.25) is 0 Å². The van der Waals surface area contributed by atoms with Gasteiger partial charge in [0.15, 0.2) is 11.0 Å². The van der Waals surface area contributed by atoms with Crippen molar-refractivity contribution in [2.75, 3.05) is 6.54 Å². The molecular weight excluding hydrogens is 368 g/mol. The highest BCUT2D eigenvalue weighted by molar-refractivity contribution is 8.00. The first-order chi connectivity index (χ1) is 13.5. The maximum Gasteiger partial charge on any atom is 0.236 e. The molecule has 0 radical (unpaired) electrons. The van der Waals surface area contributed by atoms with Crippen LogP contribution in [0, 0.1) is 6.92 Å². The molecule has 0 N–H and O–H groups in total. The third kappa shape index (κ3) is 4.59. The molecule has 1 heterocycles. The molecule has 2 aromatic rings. The van der Waals surface area contributed by atoms with Gasteiger partial charge in [0.05, 0.1) is 5.25 Å². The van der Waals surface area contributed by atoms with Gasteiger partial charge in [0.25, 0.3) is 0 Å². The summed E-state index contributed by atoms with van der Waals surface area (Å²) in [5.41, 5.74) is 2.27. The third-order valence-electron chi connectivity index (χ3n) is 5.58. The van der Waals surface area contributed by atoms with Crippen LogP contribution in [0.1, 0.15) is 58.4 Å². The summed E-state index contributed by atoms with van der Waals surface area (Å²) in [6.07, 6.45) is 6.05. The van der Waals surface area contributed by atoms with Crippen LogP contribution in [-0.4, -0.2) is 43.4 Å². The summed E-state index contributed by atoms with van der Waals surface area (Å²) in [7, 11) is 0. The van der Waals surface area contributed by atoms with Gasteiger partial charge in [-0.1, -0.05) is 54.8 Å². The summed E-state index contributed by atoms with van der Waals surface area (Å²) in [5.74, 6) is 1.09. The summed E-state index contributed by atoms with van der Waals surface area (Å²) in [6.45, 7) is 9.83. The van der Waals surface area contributed by atoms with Crippen LogP contribution in [0.4, 0.5) is 0 Å². The number of rotatable bonds is 7. The van der Waals surface area contributed by atoms with E-state index in [4.69, 9.17) is 0 Å². The van der Waals surface area contributed by atoms with Gasteiger partial charge in [0.2, 0.25) is 5.91 Å². The molecule has 5 nitrogen and oxygen atoms in total. The highest BCUT2D eigenvalue weighted by atomic mass is 32.2. The van der Waals surface area contributed by atoms with E-state index in [0.717, 1.165) is 42.5 Å². The van der Waals surface area contributed by atoms with Crippen molar-refractivity contribution in [1.82, 2.24) is 19.7 Å². The molecule has 1 aliphatic rings. The van der Waals surface area contributed by atoms with Crippen LogP contribution in [0.15, 0.2) is 29.4 Å². The number of hydrogen-bond donors (Lipinski definition) is 0. The fourth-order valence-electron chi connectivity index (χ4n) is 4.09. The van der Waals surface area contributed by atoms with Gasteiger partial charge in [-0.05, 0) is 46.6 Å². The second-order valence-corrected chi connectivity index (χ2v) is 8.90. The summed E-state index contributed by atoms with van der Waals surface area (Å²) < 4.78 is 2.11. The van der Waals surface area contributed by atoms with Crippen molar-refractivity contribution in [2.45, 2.75) is 82.8 Å². The number of amides is 1. The van der Waals surface area contributed by atoms with Gasteiger partial charge in [-0.15, -0.1) is 10.2 Å². The molecule has 1 aliphatic carbocycles. The number of nitrogens with zero attached hydrogens (tertiary/aromatic N) is 4. The lowest BCUT2D eigenvalue weighted by Crippen LogP contribution is -2.44. The zero-order valence-corrected chi connectivity index (χ0v) is 18.3. The quantitative estimate of drug-likeness (QED) is 0.618. The Hall–Kier alpha value is -1.82. The minimum atomic E-state index is -0.165. The molecule has 0 saturated heterocycles. The predicted molar refractivity (Wildman–Crippen MR) is 115 cm³/mol. The van der Waals surface area contributed by atoms with Gasteiger partial charge in [-0.3, -0.25) is 4.79 Å². The van der Waals surface area contributed by atoms with Gasteiger partial charge in [-0.2, -0.15) is 0 Å². The van der Waals surface area contributed by atoms with Crippen molar-refractivity contribution in [1.29, 1.82) is 0 Å². The molecule has 3 rings (SSSR count). The van der Waals surface area contributed by atoms with E-state index in [2.05, 4.69) is 58.6 Å². The second kappa shape index (κ2) is 9.59. The number of aryl methyl sites for hydroxylation is 1. The Bertz CT molecular complexity index is 798. The minimum Gasteiger partial charge on any atom is -0.339 e. The largest absolute Gasteiger partial charge is 0.339 e. The molecule has 1 atom stereocenters. The van der Waals surface area contributed by atoms with Crippen molar-refractivity contribution in [3.63, 3.8) is 0 Å². The molecule has 1 fully saturated rings. The van der Waals surface area contributed by atoms with E-state index in [9.17, 15) is 4.79 Å². The Kier molecular flexibility index (Phi) is 7.16. The van der Waals surface area contributed by atoms with Crippen molar-refractivity contribution in [3.05, 3.63) is 29.8 Å². The maximum absolute atomic E-state index is 13.1. The normalized spacial score (nSPS) is 16.1. The zero-order chi connectivity index (χ0) is 20.1. The number of hydrogen-bond acceptors (Lipinski definition) is 4. The SMILES string of the molecule is CCN(C(=O)C(C)Sc1nnc(-c2cccc(C)c2)n1CC)C1CCCCC1. The molecule has 6 heteroatoms. The highest BCUT2D eigenvalue weighted by Gasteiger charge is 2.29. The summed E-state index contributed by atoms with van der Waals surface area (Å²) in [5, 5.41) is 9.51. The van der Waals surface area contributed by atoms with Crippen LogP contribution >= 0.6 is 11.8 Å². The van der Waals surface area contributed by atoms with Crippen LogP contribution in [-0.2, 0) is 11.3 Å². The predicted octanol–water partition coefficient (Wildman–Crippen LogP) is 4.94. The minimum absolute atomic E-state index is 0.165. The van der Waals surface area contributed by atoms with Gasteiger partial charge in [0, 0.05) is 24.7 Å². The molecule has 1 aromatic carbocycles. The molecule has 152 valence electrons. The smallest absolute Gasteiger partial charge is 0.236 e. The summed E-state index contributed by atoms with van der Waals surface area (Å²) in [6, 6.07) is 8.72. The Labute approximate surface area is 172 Å². The molecule has 0 bridgehead atoms. The lowest BCUT2D eigenvalue weighted by Gasteiger charge is -2.35. The lowest BCUT2D eigenvalue weighted by molar-refractivity contribution is -0.133. The molecule has 1 unspecified atom stereocenters. The molecule has 1 amide bonds. The first kappa shape index (κ1) is 20.9. The van der Waals surface area contributed by atoms with Gasteiger partial charge in [0.1, 0.15) is 0 Å². The topological polar surface area (TPSA) is 51.0 Å². The standard InChI is InChI=1S/C22H32N4OS/c1-5-25(19-13-8-7-9-14-19)21(27)17(4)28-22-24-23-20(26(22)6-2)18-12-10-11-16(3)15-18/h10-12,15,17,19H,5-9,13-14H2,1-4H3. The van der Waals surface area contributed by atoms with Crippen LogP contribution in [0.3, 0.4) is 0 Å². The average molecular weight is 401 g/mol. The Morgan fingerprint density at radius 3 is 2.64 bits per heavy atom. The van der Waals surface area contributed by atoms with Crippen molar-refractivity contribution < 1.29 is 4.79 Å². The Balaban J connectivity index is 1.76. The summed E-state index contributed by atoms with van der Waals surface area (Å²) >= 11 is 1.53. The average Bonchev–Trinajstić information content (AvgIpc) is 3.11. The van der Waals surface area contributed by atoms with Crippen molar-refractivity contribution in [2.24, 2.45) is 0 Å². The lowest BCUT2D eigenvalue weighted by atomic mass is 9.94. The van der Waals surface area contributed by atoms with Crippen molar-refractivity contribution >= 4 is 17.7 Å². The monoisotopic (exact) mass is 400 g/mol. The van der Waals surface area contributed by atoms with E-state index in [-0.39, 0.29) is 11.2 Å². The fraction of sp³-hybridized carbons (Fsp3) is 0.591. The molecule has 1 saturated carbocycles. The van der Waals surface area contributed by atoms with E-state index in [1.807, 2.05) is 13.0 Å². The van der Waals surface area contributed by atoms with E-state index >= 15 is 0 Å². The number of aromatic nitrogens is 3. The zero-order valence-electron chi connectivity index (χ0n) is 17.5. The Morgan fingerprint density at radius 2 is 2.00 bits per heavy atom. The van der Waals surface area contributed by atoms with E-state index < -0.39 is 0 Å². The molecular formula is C22H32N4OS. The highest BCUT2D eigenvalue weighted by Crippen LogP contribution is 2.30.